The molecule has 2 aliphatic heterocycles. The monoisotopic (exact) mass is 484 g/mol. The molecular formula is C24H26F2N6OS. The maximum atomic E-state index is 14.1. The molecule has 3 aliphatic rings. The first-order valence-corrected chi connectivity index (χ1v) is 12.4. The molecule has 3 aromatic heterocycles. The molecule has 2 fully saturated rings. The van der Waals surface area contributed by atoms with Crippen LogP contribution in [0.25, 0.3) is 10.2 Å². The van der Waals surface area contributed by atoms with Crippen molar-refractivity contribution in [1.82, 2.24) is 20.6 Å². The molecule has 34 heavy (non-hydrogen) atoms. The van der Waals surface area contributed by atoms with Crippen molar-refractivity contribution in [2.45, 2.75) is 44.2 Å². The molecule has 0 saturated carbocycles. The van der Waals surface area contributed by atoms with Crippen molar-refractivity contribution >= 4 is 39.0 Å². The van der Waals surface area contributed by atoms with Crippen molar-refractivity contribution < 1.29 is 13.6 Å². The van der Waals surface area contributed by atoms with Crippen molar-refractivity contribution in [3.05, 3.63) is 46.1 Å². The van der Waals surface area contributed by atoms with Crippen LogP contribution in [0.15, 0.2) is 24.3 Å². The fourth-order valence-electron chi connectivity index (χ4n) is 5.43. The Labute approximate surface area is 199 Å². The zero-order valence-electron chi connectivity index (χ0n) is 18.8. The van der Waals surface area contributed by atoms with Gasteiger partial charge in [-0.3, -0.25) is 4.79 Å². The van der Waals surface area contributed by atoms with Crippen molar-refractivity contribution in [2.24, 2.45) is 5.92 Å². The fraction of sp³-hybridized carbons (Fsp3) is 0.458. The van der Waals surface area contributed by atoms with E-state index in [1.807, 2.05) is 36.1 Å². The summed E-state index contributed by atoms with van der Waals surface area (Å²) in [7, 11) is 0. The molecule has 6 rings (SSSR count). The second kappa shape index (κ2) is 7.84. The number of thiophene rings is 1. The highest BCUT2D eigenvalue weighted by Crippen LogP contribution is 2.39. The third-order valence-electron chi connectivity index (χ3n) is 7.31. The summed E-state index contributed by atoms with van der Waals surface area (Å²) < 4.78 is 28.2. The summed E-state index contributed by atoms with van der Waals surface area (Å²) in [5.74, 6) is -2.74. The Morgan fingerprint density at radius 2 is 2.12 bits per heavy atom. The van der Waals surface area contributed by atoms with E-state index in [9.17, 15) is 13.6 Å². The first-order valence-electron chi connectivity index (χ1n) is 11.6. The summed E-state index contributed by atoms with van der Waals surface area (Å²) in [5.41, 5.74) is 9.68. The van der Waals surface area contributed by atoms with Gasteiger partial charge in [-0.05, 0) is 49.9 Å². The van der Waals surface area contributed by atoms with E-state index in [4.69, 9.17) is 10.7 Å². The molecule has 3 atom stereocenters. The SMILES string of the molecule is Cc1ccc2c(N)c(C(=O)N[C@H]3CCc4nc(N5C[C@H]6NCC(F)(F)[C@H]6C5)ccc4C3)sc2n1. The van der Waals surface area contributed by atoms with Gasteiger partial charge in [-0.25, -0.2) is 18.7 Å². The molecule has 1 aliphatic carbocycles. The molecule has 7 nitrogen and oxygen atoms in total. The molecule has 10 heteroatoms. The van der Waals surface area contributed by atoms with Gasteiger partial charge in [0.2, 0.25) is 0 Å². The van der Waals surface area contributed by atoms with Gasteiger partial charge in [-0.2, -0.15) is 0 Å². The highest BCUT2D eigenvalue weighted by atomic mass is 32.1. The van der Waals surface area contributed by atoms with Crippen LogP contribution in [0, 0.1) is 12.8 Å². The summed E-state index contributed by atoms with van der Waals surface area (Å²) in [6.07, 6.45) is 2.18. The summed E-state index contributed by atoms with van der Waals surface area (Å²) >= 11 is 1.32. The van der Waals surface area contributed by atoms with Crippen molar-refractivity contribution in [2.75, 3.05) is 30.3 Å². The number of nitrogen functional groups attached to an aromatic ring is 1. The number of hydrogen-bond acceptors (Lipinski definition) is 7. The Bertz CT molecular complexity index is 1290. The third-order valence-corrected chi connectivity index (χ3v) is 8.42. The number of hydrogen-bond donors (Lipinski definition) is 3. The minimum atomic E-state index is -2.66. The van der Waals surface area contributed by atoms with Crippen molar-refractivity contribution in [3.8, 4) is 0 Å². The van der Waals surface area contributed by atoms with Crippen LogP contribution in [0.5, 0.6) is 0 Å². The summed E-state index contributed by atoms with van der Waals surface area (Å²) in [6.45, 7) is 2.55. The van der Waals surface area contributed by atoms with Crippen LogP contribution in [-0.4, -0.2) is 53.5 Å². The average Bonchev–Trinajstić information content (AvgIpc) is 3.47. The van der Waals surface area contributed by atoms with E-state index < -0.39 is 11.8 Å². The van der Waals surface area contributed by atoms with Crippen LogP contribution in [0.1, 0.15) is 33.0 Å². The van der Waals surface area contributed by atoms with Gasteiger partial charge in [0.05, 0.1) is 18.2 Å². The third kappa shape index (κ3) is 3.60. The van der Waals surface area contributed by atoms with Crippen LogP contribution in [-0.2, 0) is 12.8 Å². The van der Waals surface area contributed by atoms with Crippen LogP contribution >= 0.6 is 11.3 Å². The summed E-state index contributed by atoms with van der Waals surface area (Å²) in [5, 5.41) is 6.89. The molecule has 178 valence electrons. The van der Waals surface area contributed by atoms with Gasteiger partial charge < -0.3 is 21.3 Å². The maximum Gasteiger partial charge on any atom is 0.266 e. The lowest BCUT2D eigenvalue weighted by molar-refractivity contribution is -0.0184. The quantitative estimate of drug-likeness (QED) is 0.529. The molecule has 2 saturated heterocycles. The summed E-state index contributed by atoms with van der Waals surface area (Å²) in [6, 6.07) is 7.54. The van der Waals surface area contributed by atoms with E-state index in [0.29, 0.717) is 30.1 Å². The van der Waals surface area contributed by atoms with E-state index in [2.05, 4.69) is 15.6 Å². The number of amides is 1. The van der Waals surface area contributed by atoms with Crippen LogP contribution < -0.4 is 21.3 Å². The van der Waals surface area contributed by atoms with Gasteiger partial charge in [0.1, 0.15) is 15.5 Å². The molecule has 4 N–H and O–H groups in total. The lowest BCUT2D eigenvalue weighted by Crippen LogP contribution is -2.39. The van der Waals surface area contributed by atoms with Crippen LogP contribution in [0.2, 0.25) is 0 Å². The normalized spacial score (nSPS) is 25.4. The number of aromatic nitrogens is 2. The highest BCUT2D eigenvalue weighted by Gasteiger charge is 2.54. The second-order valence-electron chi connectivity index (χ2n) is 9.60. The van der Waals surface area contributed by atoms with Crippen molar-refractivity contribution in [3.63, 3.8) is 0 Å². The largest absolute Gasteiger partial charge is 0.397 e. The smallest absolute Gasteiger partial charge is 0.266 e. The number of nitrogens with one attached hydrogen (secondary N) is 2. The molecule has 3 aromatic rings. The molecule has 0 aromatic carbocycles. The zero-order valence-corrected chi connectivity index (χ0v) is 19.6. The van der Waals surface area contributed by atoms with Gasteiger partial charge in [0.25, 0.3) is 11.8 Å². The number of aryl methyl sites for hydroxylation is 2. The number of carbonyl (C=O) groups excluding carboxylic acids is 1. The Kier molecular flexibility index (Phi) is 5.00. The number of anilines is 2. The number of pyridine rings is 2. The molecule has 0 bridgehead atoms. The average molecular weight is 485 g/mol. The van der Waals surface area contributed by atoms with Gasteiger partial charge in [0, 0.05) is 41.9 Å². The van der Waals surface area contributed by atoms with E-state index in [0.717, 1.165) is 45.8 Å². The Morgan fingerprint density at radius 1 is 1.26 bits per heavy atom. The molecule has 1 amide bonds. The first-order chi connectivity index (χ1) is 16.3. The molecule has 5 heterocycles. The van der Waals surface area contributed by atoms with Crippen LogP contribution in [0.3, 0.4) is 0 Å². The molecule has 0 unspecified atom stereocenters. The maximum absolute atomic E-state index is 14.1. The number of nitrogens with zero attached hydrogens (tertiary/aromatic N) is 3. The Morgan fingerprint density at radius 3 is 2.94 bits per heavy atom. The molecular weight excluding hydrogens is 458 g/mol. The number of alkyl halides is 2. The van der Waals surface area contributed by atoms with E-state index in [-0.39, 0.29) is 24.5 Å². The predicted molar refractivity (Wildman–Crippen MR) is 129 cm³/mol. The number of halogens is 2. The number of carbonyl (C=O) groups is 1. The minimum Gasteiger partial charge on any atom is -0.397 e. The Balaban J connectivity index is 1.14. The first kappa shape index (κ1) is 21.7. The number of rotatable bonds is 3. The fourth-order valence-corrected chi connectivity index (χ4v) is 6.47. The van der Waals surface area contributed by atoms with E-state index in [1.54, 1.807) is 0 Å². The molecule has 0 radical (unpaired) electrons. The topological polar surface area (TPSA) is 96.2 Å². The lowest BCUT2D eigenvalue weighted by Gasteiger charge is -2.27. The van der Waals surface area contributed by atoms with Crippen molar-refractivity contribution in [1.29, 1.82) is 0 Å². The Hall–Kier alpha value is -2.85. The lowest BCUT2D eigenvalue weighted by atomic mass is 9.91. The van der Waals surface area contributed by atoms with Gasteiger partial charge in [-0.1, -0.05) is 6.07 Å². The highest BCUT2D eigenvalue weighted by molar-refractivity contribution is 7.21. The summed E-state index contributed by atoms with van der Waals surface area (Å²) in [4.78, 5) is 25.5. The standard InChI is InChI=1S/C24H26F2N6OS/c1-12-2-5-15-20(27)21(34-23(15)29-12)22(33)30-14-4-6-17-13(8-14)3-7-19(31-17)32-9-16-18(10-32)28-11-24(16,25)26/h2-3,5,7,14,16,18,28H,4,6,8-11,27H2,1H3,(H,30,33)/t14-,16-,18+/m0/s1. The van der Waals surface area contributed by atoms with Gasteiger partial charge in [0.15, 0.2) is 0 Å². The number of nitrogens with two attached hydrogens (primary N) is 1. The molecule has 0 spiro atoms. The predicted octanol–water partition coefficient (Wildman–Crippen LogP) is 2.91. The zero-order chi connectivity index (χ0) is 23.6. The van der Waals surface area contributed by atoms with Gasteiger partial charge in [-0.15, -0.1) is 11.3 Å². The van der Waals surface area contributed by atoms with E-state index in [1.165, 1.54) is 11.3 Å². The minimum absolute atomic E-state index is 0.0130. The number of fused-ring (bicyclic) bond motifs is 3. The second-order valence-corrected chi connectivity index (χ2v) is 10.6. The van der Waals surface area contributed by atoms with E-state index >= 15 is 0 Å². The van der Waals surface area contributed by atoms with Gasteiger partial charge >= 0.3 is 0 Å². The van der Waals surface area contributed by atoms with Crippen LogP contribution in [0.4, 0.5) is 20.3 Å².